The van der Waals surface area contributed by atoms with Crippen molar-refractivity contribution in [3.63, 3.8) is 0 Å². The summed E-state index contributed by atoms with van der Waals surface area (Å²) in [6.07, 6.45) is 0. The molecule has 0 radical (unpaired) electrons. The maximum absolute atomic E-state index is 14.4. The minimum absolute atomic E-state index is 0.0611. The Morgan fingerprint density at radius 2 is 0.905 bits per heavy atom. The molecule has 0 saturated heterocycles. The third kappa shape index (κ3) is 3.01. The summed E-state index contributed by atoms with van der Waals surface area (Å²) >= 11 is 0. The van der Waals surface area contributed by atoms with Gasteiger partial charge in [0.1, 0.15) is 0 Å². The quantitative estimate of drug-likeness (QED) is 0.164. The lowest BCUT2D eigenvalue weighted by Gasteiger charge is -2.17. The fourth-order valence-corrected chi connectivity index (χ4v) is 6.78. The zero-order valence-corrected chi connectivity index (χ0v) is 22.4. The van der Waals surface area contributed by atoms with Gasteiger partial charge < -0.3 is 8.97 Å². The topological polar surface area (TPSA) is 43.5 Å². The summed E-state index contributed by atoms with van der Waals surface area (Å²) < 4.78 is 4.33. The van der Waals surface area contributed by atoms with Gasteiger partial charge in [0.2, 0.25) is 0 Å². The number of nitrogens with zero attached hydrogens (tertiary/aromatic N) is 2. The Hall–Kier alpha value is -5.74. The Morgan fingerprint density at radius 1 is 0.381 bits per heavy atom. The highest BCUT2D eigenvalue weighted by Gasteiger charge is 2.20. The summed E-state index contributed by atoms with van der Waals surface area (Å²) in [5.41, 5.74) is 7.02. The molecule has 9 aromatic rings. The van der Waals surface area contributed by atoms with E-state index in [1.54, 1.807) is 0 Å². The molecule has 0 bridgehead atoms. The second kappa shape index (κ2) is 8.38. The van der Waals surface area contributed by atoms with E-state index in [9.17, 15) is 9.59 Å². The van der Waals surface area contributed by atoms with E-state index in [-0.39, 0.29) is 10.9 Å². The van der Waals surface area contributed by atoms with Crippen LogP contribution < -0.4 is 10.9 Å². The van der Waals surface area contributed by atoms with Gasteiger partial charge in [0.25, 0.3) is 0 Å². The number of para-hydroxylation sites is 3. The Kier molecular flexibility index (Phi) is 4.59. The molecule has 0 aliphatic rings. The predicted molar refractivity (Wildman–Crippen MR) is 173 cm³/mol. The monoisotopic (exact) mass is 538 g/mol. The molecular weight excluding hydrogens is 516 g/mol. The standard InChI is InChI=1S/C38H22N2O2/c41-37-28-14-6-9-17-34(28)40-35-19-18-25(39-32-15-7-4-12-26(32)27-13-5-8-16-33(27)39)22-29(35)38(42)31-21-24(20-30(37)36(31)40)23-10-2-1-3-11-23/h1-22H. The highest BCUT2D eigenvalue weighted by molar-refractivity contribution is 6.11. The first-order chi connectivity index (χ1) is 20.7. The van der Waals surface area contributed by atoms with Gasteiger partial charge in [-0.15, -0.1) is 0 Å². The van der Waals surface area contributed by atoms with E-state index < -0.39 is 0 Å². The number of aromatic nitrogens is 2. The van der Waals surface area contributed by atoms with Crippen LogP contribution in [0.15, 0.2) is 143 Å². The number of pyridine rings is 2. The number of hydrogen-bond acceptors (Lipinski definition) is 2. The van der Waals surface area contributed by atoms with Crippen molar-refractivity contribution in [2.45, 2.75) is 0 Å². The molecule has 42 heavy (non-hydrogen) atoms. The summed E-state index contributed by atoms with van der Waals surface area (Å²) in [7, 11) is 0. The van der Waals surface area contributed by atoms with Crippen LogP contribution in [0.5, 0.6) is 0 Å². The van der Waals surface area contributed by atoms with Crippen LogP contribution in [0.1, 0.15) is 0 Å². The lowest BCUT2D eigenvalue weighted by molar-refractivity contribution is 1.18. The Balaban J connectivity index is 1.47. The van der Waals surface area contributed by atoms with Crippen LogP contribution >= 0.6 is 0 Å². The van der Waals surface area contributed by atoms with Crippen molar-refractivity contribution >= 4 is 59.9 Å². The fraction of sp³-hybridized carbons (Fsp3) is 0. The minimum atomic E-state index is -0.0786. The lowest BCUT2D eigenvalue weighted by atomic mass is 9.97. The van der Waals surface area contributed by atoms with Gasteiger partial charge in [0, 0.05) is 38.0 Å². The van der Waals surface area contributed by atoms with Crippen LogP contribution in [0.4, 0.5) is 0 Å². The number of rotatable bonds is 2. The second-order valence-electron chi connectivity index (χ2n) is 10.9. The van der Waals surface area contributed by atoms with Crippen molar-refractivity contribution in [3.05, 3.63) is 154 Å². The first-order valence-electron chi connectivity index (χ1n) is 14.0. The molecule has 0 aliphatic carbocycles. The zero-order valence-electron chi connectivity index (χ0n) is 22.4. The van der Waals surface area contributed by atoms with Gasteiger partial charge >= 0.3 is 0 Å². The number of fused-ring (bicyclic) bond motifs is 7. The fourth-order valence-electron chi connectivity index (χ4n) is 6.78. The van der Waals surface area contributed by atoms with Crippen molar-refractivity contribution in [2.75, 3.05) is 0 Å². The third-order valence-electron chi connectivity index (χ3n) is 8.62. The molecule has 9 rings (SSSR count). The summed E-state index contributed by atoms with van der Waals surface area (Å²) in [6, 6.07) is 44.3. The van der Waals surface area contributed by atoms with Gasteiger partial charge in [0.15, 0.2) is 10.9 Å². The zero-order chi connectivity index (χ0) is 27.9. The maximum atomic E-state index is 14.4. The van der Waals surface area contributed by atoms with Crippen molar-refractivity contribution in [3.8, 4) is 16.8 Å². The Bertz CT molecular complexity index is 2610. The molecule has 3 aromatic heterocycles. The average molecular weight is 539 g/mol. The van der Waals surface area contributed by atoms with Crippen molar-refractivity contribution < 1.29 is 0 Å². The Labute approximate surface area is 239 Å². The smallest absolute Gasteiger partial charge is 0.197 e. The predicted octanol–water partition coefficient (Wildman–Crippen LogP) is 8.32. The van der Waals surface area contributed by atoms with Crippen LogP contribution in [-0.4, -0.2) is 8.97 Å². The molecular formula is C38H22N2O2. The molecule has 0 spiro atoms. The van der Waals surface area contributed by atoms with E-state index in [4.69, 9.17) is 0 Å². The second-order valence-corrected chi connectivity index (χ2v) is 10.9. The highest BCUT2D eigenvalue weighted by Crippen LogP contribution is 2.35. The lowest BCUT2D eigenvalue weighted by Crippen LogP contribution is -2.14. The summed E-state index contributed by atoms with van der Waals surface area (Å²) in [4.78, 5) is 28.3. The minimum Gasteiger partial charge on any atom is -0.309 e. The maximum Gasteiger partial charge on any atom is 0.197 e. The molecule has 6 aromatic carbocycles. The van der Waals surface area contributed by atoms with Gasteiger partial charge in [0.05, 0.1) is 27.6 Å². The van der Waals surface area contributed by atoms with Gasteiger partial charge in [-0.05, 0) is 65.7 Å². The summed E-state index contributed by atoms with van der Waals surface area (Å²) in [5.74, 6) is 0. The van der Waals surface area contributed by atoms with Gasteiger partial charge in [-0.25, -0.2) is 0 Å². The molecule has 196 valence electrons. The molecule has 0 unspecified atom stereocenters. The van der Waals surface area contributed by atoms with Crippen LogP contribution in [0.3, 0.4) is 0 Å². The first kappa shape index (κ1) is 23.0. The van der Waals surface area contributed by atoms with Crippen LogP contribution in [0.25, 0.3) is 76.7 Å². The van der Waals surface area contributed by atoms with Crippen LogP contribution in [0.2, 0.25) is 0 Å². The molecule has 3 heterocycles. The third-order valence-corrected chi connectivity index (χ3v) is 8.62. The molecule has 4 nitrogen and oxygen atoms in total. The van der Waals surface area contributed by atoms with E-state index in [0.717, 1.165) is 38.9 Å². The summed E-state index contributed by atoms with van der Waals surface area (Å²) in [5, 5.41) is 4.68. The molecule has 0 fully saturated rings. The van der Waals surface area contributed by atoms with Crippen molar-refractivity contribution in [2.24, 2.45) is 0 Å². The molecule has 4 heteroatoms. The van der Waals surface area contributed by atoms with E-state index >= 15 is 0 Å². The molecule has 0 N–H and O–H groups in total. The molecule has 0 aliphatic heterocycles. The van der Waals surface area contributed by atoms with Crippen LogP contribution in [0, 0.1) is 0 Å². The van der Waals surface area contributed by atoms with E-state index in [0.29, 0.717) is 27.1 Å². The average Bonchev–Trinajstić information content (AvgIpc) is 3.39. The molecule has 0 saturated carbocycles. The van der Waals surface area contributed by atoms with Crippen molar-refractivity contribution in [1.82, 2.24) is 8.97 Å². The molecule has 0 amide bonds. The van der Waals surface area contributed by atoms with E-state index in [1.807, 2.05) is 91.0 Å². The largest absolute Gasteiger partial charge is 0.309 e. The van der Waals surface area contributed by atoms with Crippen molar-refractivity contribution in [1.29, 1.82) is 0 Å². The first-order valence-corrected chi connectivity index (χ1v) is 14.0. The molecule has 0 atom stereocenters. The summed E-state index contributed by atoms with van der Waals surface area (Å²) in [6.45, 7) is 0. The van der Waals surface area contributed by atoms with Gasteiger partial charge in [-0.1, -0.05) is 78.9 Å². The Morgan fingerprint density at radius 3 is 1.57 bits per heavy atom. The number of benzene rings is 6. The van der Waals surface area contributed by atoms with Gasteiger partial charge in [-0.3, -0.25) is 9.59 Å². The highest BCUT2D eigenvalue weighted by atomic mass is 16.1. The van der Waals surface area contributed by atoms with Gasteiger partial charge in [-0.2, -0.15) is 0 Å². The normalized spacial score (nSPS) is 12.0. The van der Waals surface area contributed by atoms with E-state index in [2.05, 4.69) is 51.4 Å². The SMILES string of the molecule is O=c1c2ccccc2n2c3ccc(-n4c5ccccc5c5ccccc54)cc3c(=O)c3cc(-c4ccccc4)cc1c32. The van der Waals surface area contributed by atoms with Crippen LogP contribution in [-0.2, 0) is 0 Å². The van der Waals surface area contributed by atoms with E-state index in [1.165, 1.54) is 10.8 Å². The number of hydrogen-bond donors (Lipinski definition) is 0.